The summed E-state index contributed by atoms with van der Waals surface area (Å²) < 4.78 is 7.57. The quantitative estimate of drug-likeness (QED) is 0.541. The predicted molar refractivity (Wildman–Crippen MR) is 87.2 cm³/mol. The van der Waals surface area contributed by atoms with E-state index < -0.39 is 0 Å². The first-order valence-electron chi connectivity index (χ1n) is 7.01. The fraction of sp³-hybridized carbons (Fsp3) is 0.235. The van der Waals surface area contributed by atoms with Crippen LogP contribution in [-0.2, 0) is 11.3 Å². The number of aromatic nitrogens is 1. The molecule has 0 aliphatic carbocycles. The van der Waals surface area contributed by atoms with Crippen molar-refractivity contribution < 1.29 is 4.74 Å². The van der Waals surface area contributed by atoms with Crippen LogP contribution < -0.4 is 5.43 Å². The molecule has 0 fully saturated rings. The second-order valence-electron chi connectivity index (χ2n) is 4.86. The lowest BCUT2D eigenvalue weighted by Crippen LogP contribution is -2.14. The maximum Gasteiger partial charge on any atom is 0.197 e. The summed E-state index contributed by atoms with van der Waals surface area (Å²) in [5, 5.41) is 2.04. The van der Waals surface area contributed by atoms with Gasteiger partial charge in [0.2, 0.25) is 0 Å². The van der Waals surface area contributed by atoms with Crippen molar-refractivity contribution in [1.29, 1.82) is 0 Å². The highest BCUT2D eigenvalue weighted by Gasteiger charge is 2.10. The standard InChI is InChI=1S/C17H16ClNO2/c1-2-21-10-9-19-15-6-4-3-5-13(15)17(20)14-8-7-12(18)11-16(14)19/h3-8,11H,2,9-10H2,1H3. The van der Waals surface area contributed by atoms with Gasteiger partial charge in [0.25, 0.3) is 0 Å². The van der Waals surface area contributed by atoms with Gasteiger partial charge in [-0.15, -0.1) is 0 Å². The molecule has 3 rings (SSSR count). The topological polar surface area (TPSA) is 31.2 Å². The van der Waals surface area contributed by atoms with Crippen molar-refractivity contribution in [1.82, 2.24) is 4.57 Å². The lowest BCUT2D eigenvalue weighted by atomic mass is 10.1. The molecule has 0 saturated carbocycles. The highest BCUT2D eigenvalue weighted by atomic mass is 35.5. The molecule has 4 heteroatoms. The van der Waals surface area contributed by atoms with Crippen molar-refractivity contribution in [3.63, 3.8) is 0 Å². The molecule has 2 aromatic carbocycles. The number of benzene rings is 2. The first-order chi connectivity index (χ1) is 10.2. The molecule has 0 unspecified atom stereocenters. The SMILES string of the molecule is CCOCCn1c2ccccc2c(=O)c2ccc(Cl)cc21. The smallest absolute Gasteiger partial charge is 0.197 e. The van der Waals surface area contributed by atoms with Gasteiger partial charge in [0.1, 0.15) is 0 Å². The normalized spacial score (nSPS) is 11.3. The van der Waals surface area contributed by atoms with Gasteiger partial charge in [0.05, 0.1) is 17.6 Å². The molecular weight excluding hydrogens is 286 g/mol. The van der Waals surface area contributed by atoms with E-state index in [-0.39, 0.29) is 5.43 Å². The number of nitrogens with zero attached hydrogens (tertiary/aromatic N) is 1. The van der Waals surface area contributed by atoms with Crippen molar-refractivity contribution in [2.24, 2.45) is 0 Å². The average molecular weight is 302 g/mol. The molecule has 21 heavy (non-hydrogen) atoms. The fourth-order valence-corrected chi connectivity index (χ4v) is 2.80. The van der Waals surface area contributed by atoms with E-state index in [1.807, 2.05) is 37.3 Å². The fourth-order valence-electron chi connectivity index (χ4n) is 2.64. The van der Waals surface area contributed by atoms with Crippen LogP contribution in [0.1, 0.15) is 6.92 Å². The van der Waals surface area contributed by atoms with Gasteiger partial charge in [-0.1, -0.05) is 23.7 Å². The summed E-state index contributed by atoms with van der Waals surface area (Å²) >= 11 is 6.11. The molecule has 0 aliphatic rings. The van der Waals surface area contributed by atoms with E-state index in [4.69, 9.17) is 16.3 Å². The van der Waals surface area contributed by atoms with Crippen molar-refractivity contribution in [3.8, 4) is 0 Å². The third-order valence-electron chi connectivity index (χ3n) is 3.60. The van der Waals surface area contributed by atoms with Crippen molar-refractivity contribution >= 4 is 33.4 Å². The maximum atomic E-state index is 12.6. The van der Waals surface area contributed by atoms with E-state index in [2.05, 4.69) is 4.57 Å². The number of rotatable bonds is 4. The number of para-hydroxylation sites is 1. The molecule has 1 aromatic heterocycles. The van der Waals surface area contributed by atoms with Gasteiger partial charge in [0, 0.05) is 28.9 Å². The molecule has 3 aromatic rings. The average Bonchev–Trinajstić information content (AvgIpc) is 2.50. The molecular formula is C17H16ClNO2. The number of hydrogen-bond donors (Lipinski definition) is 0. The van der Waals surface area contributed by atoms with Crippen LogP contribution >= 0.6 is 11.6 Å². The minimum atomic E-state index is 0.0462. The highest BCUT2D eigenvalue weighted by Crippen LogP contribution is 2.22. The van der Waals surface area contributed by atoms with Crippen LogP contribution in [-0.4, -0.2) is 17.8 Å². The van der Waals surface area contributed by atoms with Crippen LogP contribution in [0.3, 0.4) is 0 Å². The Kier molecular flexibility index (Phi) is 3.95. The Bertz CT molecular complexity index is 854. The van der Waals surface area contributed by atoms with Crippen LogP contribution in [0.2, 0.25) is 5.02 Å². The molecule has 0 aliphatic heterocycles. The van der Waals surface area contributed by atoms with Crippen molar-refractivity contribution in [3.05, 3.63) is 57.7 Å². The zero-order valence-electron chi connectivity index (χ0n) is 11.8. The van der Waals surface area contributed by atoms with Gasteiger partial charge in [0.15, 0.2) is 5.43 Å². The summed E-state index contributed by atoms with van der Waals surface area (Å²) in [6.07, 6.45) is 0. The monoisotopic (exact) mass is 301 g/mol. The van der Waals surface area contributed by atoms with Crippen LogP contribution in [0.15, 0.2) is 47.3 Å². The number of halogens is 1. The Morgan fingerprint density at radius 2 is 1.86 bits per heavy atom. The van der Waals surface area contributed by atoms with E-state index >= 15 is 0 Å². The molecule has 108 valence electrons. The van der Waals surface area contributed by atoms with E-state index in [0.29, 0.717) is 30.2 Å². The molecule has 0 amide bonds. The zero-order chi connectivity index (χ0) is 14.8. The molecule has 0 atom stereocenters. The number of hydrogen-bond acceptors (Lipinski definition) is 2. The zero-order valence-corrected chi connectivity index (χ0v) is 12.6. The largest absolute Gasteiger partial charge is 0.380 e. The first kappa shape index (κ1) is 14.1. The molecule has 0 spiro atoms. The second kappa shape index (κ2) is 5.88. The van der Waals surface area contributed by atoms with E-state index in [1.54, 1.807) is 12.1 Å². The first-order valence-corrected chi connectivity index (χ1v) is 7.38. The molecule has 0 bridgehead atoms. The minimum absolute atomic E-state index is 0.0462. The van der Waals surface area contributed by atoms with Crippen molar-refractivity contribution in [2.45, 2.75) is 13.5 Å². The van der Waals surface area contributed by atoms with Gasteiger partial charge in [-0.05, 0) is 37.3 Å². The van der Waals surface area contributed by atoms with E-state index in [1.165, 1.54) is 0 Å². The van der Waals surface area contributed by atoms with E-state index in [0.717, 1.165) is 16.4 Å². The van der Waals surface area contributed by atoms with Crippen LogP contribution in [0.4, 0.5) is 0 Å². The second-order valence-corrected chi connectivity index (χ2v) is 5.29. The number of ether oxygens (including phenoxy) is 1. The minimum Gasteiger partial charge on any atom is -0.380 e. The highest BCUT2D eigenvalue weighted by molar-refractivity contribution is 6.31. The Labute approximate surface area is 127 Å². The molecule has 0 saturated heterocycles. The third-order valence-corrected chi connectivity index (χ3v) is 3.83. The Morgan fingerprint density at radius 3 is 2.67 bits per heavy atom. The predicted octanol–water partition coefficient (Wildman–Crippen LogP) is 3.84. The number of pyridine rings is 1. The summed E-state index contributed by atoms with van der Waals surface area (Å²) in [6.45, 7) is 3.94. The lowest BCUT2D eigenvalue weighted by Gasteiger charge is -2.15. The summed E-state index contributed by atoms with van der Waals surface area (Å²) in [4.78, 5) is 12.6. The summed E-state index contributed by atoms with van der Waals surface area (Å²) in [5.41, 5.74) is 1.81. The Morgan fingerprint density at radius 1 is 1.10 bits per heavy atom. The number of fused-ring (bicyclic) bond motifs is 2. The molecule has 3 nitrogen and oxygen atoms in total. The van der Waals surface area contributed by atoms with Gasteiger partial charge >= 0.3 is 0 Å². The lowest BCUT2D eigenvalue weighted by molar-refractivity contribution is 0.140. The molecule has 0 radical (unpaired) electrons. The van der Waals surface area contributed by atoms with Gasteiger partial charge in [-0.3, -0.25) is 4.79 Å². The van der Waals surface area contributed by atoms with Crippen molar-refractivity contribution in [2.75, 3.05) is 13.2 Å². The Hall–Kier alpha value is -1.84. The summed E-state index contributed by atoms with van der Waals surface area (Å²) in [5.74, 6) is 0. The van der Waals surface area contributed by atoms with Crippen LogP contribution in [0.5, 0.6) is 0 Å². The summed E-state index contributed by atoms with van der Waals surface area (Å²) in [6, 6.07) is 13.0. The van der Waals surface area contributed by atoms with Gasteiger partial charge in [-0.2, -0.15) is 0 Å². The molecule has 0 N–H and O–H groups in total. The third kappa shape index (κ3) is 2.55. The van der Waals surface area contributed by atoms with Gasteiger partial charge < -0.3 is 9.30 Å². The maximum absolute atomic E-state index is 12.6. The summed E-state index contributed by atoms with van der Waals surface area (Å²) in [7, 11) is 0. The van der Waals surface area contributed by atoms with Crippen LogP contribution in [0, 0.1) is 0 Å². The Balaban J connectivity index is 2.34. The molecule has 1 heterocycles. The van der Waals surface area contributed by atoms with Crippen LogP contribution in [0.25, 0.3) is 21.8 Å². The van der Waals surface area contributed by atoms with Gasteiger partial charge in [-0.25, -0.2) is 0 Å². The van der Waals surface area contributed by atoms with E-state index in [9.17, 15) is 4.79 Å².